The van der Waals surface area contributed by atoms with Crippen molar-refractivity contribution < 1.29 is 9.53 Å². The van der Waals surface area contributed by atoms with Crippen molar-refractivity contribution >= 4 is 29.9 Å². The standard InChI is InChI=1S/C16H23ClN2O2.ClH/c1-19(15(20)16(18)8-3-2-4-9-16)10-11-21-14-7-5-6-13(17)12-14;/h5-7,12H,2-4,8-11,18H2,1H3;1H. The van der Waals surface area contributed by atoms with Crippen LogP contribution in [0.3, 0.4) is 0 Å². The van der Waals surface area contributed by atoms with Gasteiger partial charge in [0.1, 0.15) is 12.4 Å². The minimum atomic E-state index is -0.678. The van der Waals surface area contributed by atoms with E-state index < -0.39 is 5.54 Å². The molecular formula is C16H24Cl2N2O2. The van der Waals surface area contributed by atoms with E-state index in [9.17, 15) is 4.79 Å². The summed E-state index contributed by atoms with van der Waals surface area (Å²) in [5.41, 5.74) is 5.58. The monoisotopic (exact) mass is 346 g/mol. The molecule has 0 unspecified atom stereocenters. The van der Waals surface area contributed by atoms with Crippen molar-refractivity contribution in [1.29, 1.82) is 0 Å². The van der Waals surface area contributed by atoms with Gasteiger partial charge in [0.25, 0.3) is 0 Å². The summed E-state index contributed by atoms with van der Waals surface area (Å²) in [6.07, 6.45) is 4.81. The molecule has 0 bridgehead atoms. The highest BCUT2D eigenvalue weighted by molar-refractivity contribution is 6.30. The van der Waals surface area contributed by atoms with E-state index >= 15 is 0 Å². The van der Waals surface area contributed by atoms with Gasteiger partial charge in [0.05, 0.1) is 12.1 Å². The highest BCUT2D eigenvalue weighted by Gasteiger charge is 2.37. The van der Waals surface area contributed by atoms with Crippen molar-refractivity contribution in [3.63, 3.8) is 0 Å². The van der Waals surface area contributed by atoms with Crippen molar-refractivity contribution in [3.8, 4) is 5.75 Å². The zero-order valence-corrected chi connectivity index (χ0v) is 14.5. The third-order valence-electron chi connectivity index (χ3n) is 4.01. The summed E-state index contributed by atoms with van der Waals surface area (Å²) in [4.78, 5) is 14.1. The van der Waals surface area contributed by atoms with E-state index in [0.717, 1.165) is 25.7 Å². The first-order valence-electron chi connectivity index (χ1n) is 7.44. The quantitative estimate of drug-likeness (QED) is 0.890. The fourth-order valence-electron chi connectivity index (χ4n) is 2.74. The van der Waals surface area contributed by atoms with Crippen molar-refractivity contribution in [2.45, 2.75) is 37.6 Å². The van der Waals surface area contributed by atoms with Crippen LogP contribution in [0.4, 0.5) is 0 Å². The lowest BCUT2D eigenvalue weighted by Crippen LogP contribution is -2.55. The molecule has 1 fully saturated rings. The molecule has 4 nitrogen and oxygen atoms in total. The summed E-state index contributed by atoms with van der Waals surface area (Å²) >= 11 is 5.90. The molecule has 6 heteroatoms. The van der Waals surface area contributed by atoms with Crippen molar-refractivity contribution in [2.75, 3.05) is 20.2 Å². The molecule has 22 heavy (non-hydrogen) atoms. The van der Waals surface area contributed by atoms with Crippen LogP contribution in [0.5, 0.6) is 5.75 Å². The van der Waals surface area contributed by atoms with E-state index in [4.69, 9.17) is 22.1 Å². The summed E-state index contributed by atoms with van der Waals surface area (Å²) in [5.74, 6) is 0.736. The number of likely N-dealkylation sites (N-methyl/N-ethyl adjacent to an activating group) is 1. The number of nitrogens with two attached hydrogens (primary N) is 1. The molecule has 1 saturated carbocycles. The highest BCUT2D eigenvalue weighted by Crippen LogP contribution is 2.27. The fourth-order valence-corrected chi connectivity index (χ4v) is 2.92. The molecule has 2 rings (SSSR count). The highest BCUT2D eigenvalue weighted by atomic mass is 35.5. The van der Waals surface area contributed by atoms with Crippen LogP contribution in [0.1, 0.15) is 32.1 Å². The van der Waals surface area contributed by atoms with E-state index in [0.29, 0.717) is 23.9 Å². The summed E-state index contributed by atoms with van der Waals surface area (Å²) in [6.45, 7) is 0.947. The lowest BCUT2D eigenvalue weighted by Gasteiger charge is -2.35. The van der Waals surface area contributed by atoms with Crippen molar-refractivity contribution in [1.82, 2.24) is 4.90 Å². The van der Waals surface area contributed by atoms with Crippen LogP contribution in [0.2, 0.25) is 5.02 Å². The van der Waals surface area contributed by atoms with Crippen LogP contribution < -0.4 is 10.5 Å². The van der Waals surface area contributed by atoms with Crippen LogP contribution in [0, 0.1) is 0 Å². The minimum Gasteiger partial charge on any atom is -0.492 e. The molecule has 0 atom stereocenters. The molecule has 1 aromatic carbocycles. The Morgan fingerprint density at radius 1 is 1.36 bits per heavy atom. The second kappa shape index (κ2) is 8.61. The lowest BCUT2D eigenvalue weighted by atomic mass is 9.81. The molecule has 0 saturated heterocycles. The molecule has 1 aliphatic carbocycles. The van der Waals surface area contributed by atoms with Crippen LogP contribution in [0.25, 0.3) is 0 Å². The van der Waals surface area contributed by atoms with E-state index in [1.165, 1.54) is 6.42 Å². The number of rotatable bonds is 5. The normalized spacial score (nSPS) is 16.5. The third kappa shape index (κ3) is 5.04. The number of halogens is 2. The van der Waals surface area contributed by atoms with Crippen LogP contribution in [0.15, 0.2) is 24.3 Å². The number of carbonyl (C=O) groups excluding carboxylic acids is 1. The minimum absolute atomic E-state index is 0. The first-order chi connectivity index (χ1) is 10.0. The molecule has 0 radical (unpaired) electrons. The Bertz CT molecular complexity index is 491. The van der Waals surface area contributed by atoms with Gasteiger partial charge in [-0.25, -0.2) is 0 Å². The SMILES string of the molecule is CN(CCOc1cccc(Cl)c1)C(=O)C1(N)CCCCC1.Cl. The molecule has 2 N–H and O–H groups in total. The van der Waals surface area contributed by atoms with E-state index in [2.05, 4.69) is 0 Å². The average Bonchev–Trinajstić information content (AvgIpc) is 2.47. The molecule has 0 heterocycles. The number of ether oxygens (including phenoxy) is 1. The molecule has 1 amide bonds. The maximum absolute atomic E-state index is 12.4. The summed E-state index contributed by atoms with van der Waals surface area (Å²) in [5, 5.41) is 0.639. The van der Waals surface area contributed by atoms with Crippen LogP contribution in [-0.2, 0) is 4.79 Å². The number of amides is 1. The maximum Gasteiger partial charge on any atom is 0.242 e. The molecule has 0 spiro atoms. The molecular weight excluding hydrogens is 323 g/mol. The number of hydrogen-bond acceptors (Lipinski definition) is 3. The van der Waals surface area contributed by atoms with Gasteiger partial charge in [-0.05, 0) is 31.0 Å². The molecule has 1 aliphatic rings. The lowest BCUT2D eigenvalue weighted by molar-refractivity contribution is -0.137. The predicted molar refractivity (Wildman–Crippen MR) is 91.8 cm³/mol. The Morgan fingerprint density at radius 3 is 2.68 bits per heavy atom. The predicted octanol–water partition coefficient (Wildman–Crippen LogP) is 3.26. The molecule has 124 valence electrons. The van der Waals surface area contributed by atoms with E-state index in [1.807, 2.05) is 12.1 Å². The first kappa shape index (κ1) is 19.1. The smallest absolute Gasteiger partial charge is 0.242 e. The van der Waals surface area contributed by atoms with Gasteiger partial charge in [0, 0.05) is 12.1 Å². The molecule has 1 aromatic rings. The van der Waals surface area contributed by atoms with Crippen molar-refractivity contribution in [3.05, 3.63) is 29.3 Å². The van der Waals surface area contributed by atoms with Crippen LogP contribution >= 0.6 is 24.0 Å². The third-order valence-corrected chi connectivity index (χ3v) is 4.25. The first-order valence-corrected chi connectivity index (χ1v) is 7.82. The van der Waals surface area contributed by atoms with Gasteiger partial charge in [-0.15, -0.1) is 12.4 Å². The Morgan fingerprint density at radius 2 is 2.05 bits per heavy atom. The van der Waals surface area contributed by atoms with Crippen LogP contribution in [-0.4, -0.2) is 36.5 Å². The van der Waals surface area contributed by atoms with Gasteiger partial charge in [-0.2, -0.15) is 0 Å². The Hall–Kier alpha value is -0.970. The molecule has 0 aromatic heterocycles. The second-order valence-corrected chi connectivity index (χ2v) is 6.19. The summed E-state index contributed by atoms with van der Waals surface area (Å²) < 4.78 is 5.61. The summed E-state index contributed by atoms with van der Waals surface area (Å²) in [6, 6.07) is 7.24. The van der Waals surface area contributed by atoms with Gasteiger partial charge < -0.3 is 15.4 Å². The number of nitrogens with zero attached hydrogens (tertiary/aromatic N) is 1. The van der Waals surface area contributed by atoms with Crippen molar-refractivity contribution in [2.24, 2.45) is 5.73 Å². The number of hydrogen-bond donors (Lipinski definition) is 1. The van der Waals surface area contributed by atoms with Gasteiger partial charge in [-0.1, -0.05) is 36.9 Å². The van der Waals surface area contributed by atoms with Gasteiger partial charge in [-0.3, -0.25) is 4.79 Å². The van der Waals surface area contributed by atoms with E-state index in [1.54, 1.807) is 24.1 Å². The van der Waals surface area contributed by atoms with Gasteiger partial charge in [0.15, 0.2) is 0 Å². The van der Waals surface area contributed by atoms with E-state index in [-0.39, 0.29) is 18.3 Å². The van der Waals surface area contributed by atoms with Gasteiger partial charge in [0.2, 0.25) is 5.91 Å². The largest absolute Gasteiger partial charge is 0.492 e. The second-order valence-electron chi connectivity index (χ2n) is 5.75. The average molecular weight is 347 g/mol. The zero-order chi connectivity index (χ0) is 15.3. The van der Waals surface area contributed by atoms with Gasteiger partial charge >= 0.3 is 0 Å². The molecule has 0 aliphatic heterocycles. The maximum atomic E-state index is 12.4. The Labute approximate surface area is 143 Å². The topological polar surface area (TPSA) is 55.6 Å². The zero-order valence-electron chi connectivity index (χ0n) is 12.9. The summed E-state index contributed by atoms with van der Waals surface area (Å²) in [7, 11) is 1.78. The number of benzene rings is 1. The Kier molecular flexibility index (Phi) is 7.46. The number of carbonyl (C=O) groups is 1. The fraction of sp³-hybridized carbons (Fsp3) is 0.562. The Balaban J connectivity index is 0.00000242.